The number of Topliss-reactive ketones (excluding diaryl/α,β-unsaturated/α-hetero) is 1. The molecule has 1 aromatic carbocycles. The van der Waals surface area contributed by atoms with E-state index in [1.807, 2.05) is 37.3 Å². The normalized spacial score (nSPS) is 20.3. The third-order valence-corrected chi connectivity index (χ3v) is 9.49. The van der Waals surface area contributed by atoms with Crippen molar-refractivity contribution in [1.82, 2.24) is 20.9 Å². The number of benzene rings is 1. The number of amides is 5. The highest BCUT2D eigenvalue weighted by molar-refractivity contribution is 6.37. The Balaban J connectivity index is 0.00000114. The molecule has 3 unspecified atom stereocenters. The monoisotopic (exact) mass is 669 g/mol. The molecule has 2 saturated carbocycles. The van der Waals surface area contributed by atoms with E-state index in [4.69, 9.17) is 10.5 Å². The minimum absolute atomic E-state index is 0.0328. The lowest BCUT2D eigenvalue weighted by molar-refractivity contribution is -0.143. The summed E-state index contributed by atoms with van der Waals surface area (Å²) in [6, 6.07) is 5.43. The van der Waals surface area contributed by atoms with E-state index in [-0.39, 0.29) is 18.4 Å². The van der Waals surface area contributed by atoms with Gasteiger partial charge in [-0.25, -0.2) is 4.79 Å². The molecule has 0 radical (unpaired) electrons. The van der Waals surface area contributed by atoms with Crippen molar-refractivity contribution in [2.24, 2.45) is 23.0 Å². The number of likely N-dealkylation sites (tertiary alicyclic amines) is 1. The third-order valence-electron chi connectivity index (χ3n) is 9.49. The number of nitrogens with zero attached hydrogens (tertiary/aromatic N) is 1. The van der Waals surface area contributed by atoms with Crippen LogP contribution in [0.2, 0.25) is 0 Å². The molecule has 3 fully saturated rings. The molecule has 1 aliphatic heterocycles. The molecule has 0 spiro atoms. The lowest BCUT2D eigenvalue weighted by atomic mass is 9.80. The molecule has 266 valence electrons. The van der Waals surface area contributed by atoms with Crippen LogP contribution in [0.1, 0.15) is 104 Å². The number of carbonyl (C=O) groups excluding carboxylic acids is 6. The molecule has 1 aromatic rings. The first-order chi connectivity index (χ1) is 22.8. The van der Waals surface area contributed by atoms with E-state index in [0.717, 1.165) is 31.2 Å². The van der Waals surface area contributed by atoms with Crippen LogP contribution in [0.4, 0.5) is 4.79 Å². The highest BCUT2D eigenvalue weighted by Gasteiger charge is 2.45. The second-order valence-electron chi connectivity index (χ2n) is 14.4. The van der Waals surface area contributed by atoms with Crippen molar-refractivity contribution >= 4 is 35.5 Å². The van der Waals surface area contributed by atoms with Gasteiger partial charge in [0, 0.05) is 6.54 Å². The Labute approximate surface area is 284 Å². The summed E-state index contributed by atoms with van der Waals surface area (Å²) in [5.41, 5.74) is 5.32. The third kappa shape index (κ3) is 11.9. The van der Waals surface area contributed by atoms with Crippen LogP contribution < -0.4 is 21.7 Å². The van der Waals surface area contributed by atoms with Crippen LogP contribution >= 0.6 is 0 Å². The van der Waals surface area contributed by atoms with Crippen LogP contribution in [0.5, 0.6) is 0 Å². The number of nitrogens with two attached hydrogens (primary N) is 1. The van der Waals surface area contributed by atoms with Crippen LogP contribution in [0.15, 0.2) is 30.3 Å². The molecule has 0 bridgehead atoms. The predicted octanol–water partition coefficient (Wildman–Crippen LogP) is 3.75. The maximum absolute atomic E-state index is 13.9. The smallest absolute Gasteiger partial charge is 0.325 e. The number of ketones is 1. The number of nitrogens with one attached hydrogen (secondary N) is 3. The van der Waals surface area contributed by atoms with Crippen LogP contribution in [0, 0.1) is 17.3 Å². The number of carbonyl (C=O) groups is 6. The molecule has 12 heteroatoms. The quantitative estimate of drug-likeness (QED) is 0.183. The predicted molar refractivity (Wildman–Crippen MR) is 181 cm³/mol. The Morgan fingerprint density at radius 3 is 2.06 bits per heavy atom. The summed E-state index contributed by atoms with van der Waals surface area (Å²) in [6.45, 7) is 7.29. The van der Waals surface area contributed by atoms with Crippen molar-refractivity contribution in [3.63, 3.8) is 0 Å². The number of esters is 1. The number of hydrogen-bond acceptors (Lipinski definition) is 7. The van der Waals surface area contributed by atoms with Gasteiger partial charge in [-0.3, -0.25) is 24.0 Å². The number of ether oxygens (including phenoxy) is 1. The summed E-state index contributed by atoms with van der Waals surface area (Å²) in [4.78, 5) is 78.1. The van der Waals surface area contributed by atoms with E-state index in [0.29, 0.717) is 19.4 Å². The second-order valence-corrected chi connectivity index (χ2v) is 14.4. The molecule has 5 N–H and O–H groups in total. The molecule has 0 aromatic heterocycles. The minimum Gasteiger partial charge on any atom is -0.460 e. The maximum Gasteiger partial charge on any atom is 0.325 e. The van der Waals surface area contributed by atoms with E-state index >= 15 is 0 Å². The van der Waals surface area contributed by atoms with Crippen molar-refractivity contribution < 1.29 is 33.5 Å². The molecule has 1 heterocycles. The molecule has 4 rings (SSSR count). The van der Waals surface area contributed by atoms with Crippen molar-refractivity contribution in [3.05, 3.63) is 35.9 Å². The highest BCUT2D eigenvalue weighted by Crippen LogP contribution is 2.32. The van der Waals surface area contributed by atoms with E-state index < -0.39 is 65.6 Å². The molecule has 12 nitrogen and oxygen atoms in total. The first kappa shape index (κ1) is 38.5. The summed E-state index contributed by atoms with van der Waals surface area (Å²) in [5.74, 6) is -3.32. The van der Waals surface area contributed by atoms with Crippen molar-refractivity contribution in [2.75, 3.05) is 13.1 Å². The second kappa shape index (κ2) is 18.5. The Hall–Kier alpha value is -3.96. The largest absolute Gasteiger partial charge is 0.460 e. The Morgan fingerprint density at radius 1 is 0.917 bits per heavy atom. The van der Waals surface area contributed by atoms with Gasteiger partial charge in [0.2, 0.25) is 17.6 Å². The van der Waals surface area contributed by atoms with Crippen molar-refractivity contribution in [2.45, 2.75) is 123 Å². The van der Waals surface area contributed by atoms with E-state index in [1.54, 1.807) is 20.8 Å². The summed E-state index contributed by atoms with van der Waals surface area (Å²) in [5, 5.41) is 7.83. The van der Waals surface area contributed by atoms with Crippen LogP contribution in [-0.4, -0.2) is 71.6 Å². The first-order valence-electron chi connectivity index (χ1n) is 17.5. The van der Waals surface area contributed by atoms with Crippen LogP contribution in [0.25, 0.3) is 0 Å². The fourth-order valence-corrected chi connectivity index (χ4v) is 6.27. The number of urea groups is 1. The lowest BCUT2D eigenvalue weighted by Gasteiger charge is -2.36. The molecule has 48 heavy (non-hydrogen) atoms. The topological polar surface area (TPSA) is 177 Å². The van der Waals surface area contributed by atoms with Crippen molar-refractivity contribution in [3.8, 4) is 0 Å². The van der Waals surface area contributed by atoms with E-state index in [1.165, 1.54) is 37.0 Å². The fourth-order valence-electron chi connectivity index (χ4n) is 6.27. The van der Waals surface area contributed by atoms with Gasteiger partial charge in [0.05, 0.1) is 6.04 Å². The van der Waals surface area contributed by atoms with Crippen LogP contribution in [-0.2, 0) is 35.3 Å². The van der Waals surface area contributed by atoms with Gasteiger partial charge < -0.3 is 31.3 Å². The molecule has 1 saturated heterocycles. The summed E-state index contributed by atoms with van der Waals surface area (Å²) in [6.07, 6.45) is 11.8. The Morgan fingerprint density at radius 2 is 1.54 bits per heavy atom. The van der Waals surface area contributed by atoms with Gasteiger partial charge in [-0.1, -0.05) is 116 Å². The number of hydrogen-bond donors (Lipinski definition) is 4. The maximum atomic E-state index is 13.9. The molecule has 4 atom stereocenters. The van der Waals surface area contributed by atoms with Gasteiger partial charge in [0.25, 0.3) is 5.91 Å². The number of primary amides is 1. The summed E-state index contributed by atoms with van der Waals surface area (Å²) < 4.78 is 5.19. The minimum atomic E-state index is -1.11. The summed E-state index contributed by atoms with van der Waals surface area (Å²) >= 11 is 0. The van der Waals surface area contributed by atoms with Gasteiger partial charge >= 0.3 is 12.0 Å². The van der Waals surface area contributed by atoms with Crippen molar-refractivity contribution in [1.29, 1.82) is 0 Å². The van der Waals surface area contributed by atoms with Gasteiger partial charge in [-0.2, -0.15) is 0 Å². The Bertz CT molecular complexity index is 1250. The fraction of sp³-hybridized carbons (Fsp3) is 0.667. The van der Waals surface area contributed by atoms with Gasteiger partial charge in [-0.15, -0.1) is 0 Å². The zero-order valence-corrected chi connectivity index (χ0v) is 29.1. The molecule has 3 aliphatic rings. The van der Waals surface area contributed by atoms with Gasteiger partial charge in [0.15, 0.2) is 0 Å². The molecule has 2 aliphatic carbocycles. The average molecular weight is 670 g/mol. The number of rotatable bonds is 13. The first-order valence-corrected chi connectivity index (χ1v) is 17.5. The van der Waals surface area contributed by atoms with E-state index in [2.05, 4.69) is 16.0 Å². The standard InChI is InChI=1S/C31H45N5O7.C5H10/c1-5-19-15-23(28(40)34-22(25(38)27(32)39)14-20-12-9-13-20)36(17-19)29(41)26(31(2,3)4)35-30(42)33-16-24(37)43-18-21-10-7-6-8-11-21;1-2-4-5-3-1/h6-8,10-11,19-20,22-23,26H,5,9,12-18H2,1-4H3,(H2,32,39)(H,34,40)(H2,33,35,42);1-5H2/t19-,22?,23?,26?;/m1./s1. The molecular weight excluding hydrogens is 614 g/mol. The van der Waals surface area contributed by atoms with E-state index in [9.17, 15) is 28.8 Å². The SMILES string of the molecule is C1CCCC1.CC[C@@H]1CC(C(=O)NC(CC2CCC2)C(=O)C(N)=O)N(C(=O)C(NC(=O)NCC(=O)OCc2ccccc2)C(C)(C)C)C1. The Kier molecular flexibility index (Phi) is 14.9. The molecular formula is C36H55N5O7. The van der Waals surface area contributed by atoms with Gasteiger partial charge in [-0.05, 0) is 35.7 Å². The zero-order chi connectivity index (χ0) is 35.3. The van der Waals surface area contributed by atoms with Crippen LogP contribution in [0.3, 0.4) is 0 Å². The highest BCUT2D eigenvalue weighted by atomic mass is 16.5. The zero-order valence-electron chi connectivity index (χ0n) is 29.1. The molecule has 5 amide bonds. The lowest BCUT2D eigenvalue weighted by Crippen LogP contribution is -2.60. The summed E-state index contributed by atoms with van der Waals surface area (Å²) in [7, 11) is 0. The van der Waals surface area contributed by atoms with Gasteiger partial charge in [0.1, 0.15) is 25.2 Å². The average Bonchev–Trinajstić information content (AvgIpc) is 3.76.